The fourth-order valence-electron chi connectivity index (χ4n) is 3.25. The fourth-order valence-corrected chi connectivity index (χ4v) is 4.60. The lowest BCUT2D eigenvalue weighted by atomic mass is 10.1. The zero-order valence-corrected chi connectivity index (χ0v) is 20.1. The highest BCUT2D eigenvalue weighted by atomic mass is 35.5. The van der Waals surface area contributed by atoms with Crippen LogP contribution in [-0.2, 0) is 17.9 Å². The molecule has 3 aromatic rings. The van der Waals surface area contributed by atoms with Crippen molar-refractivity contribution in [1.82, 2.24) is 4.90 Å². The normalized spacial score (nSPS) is 14.6. The lowest BCUT2D eigenvalue weighted by Crippen LogP contribution is -2.27. The van der Waals surface area contributed by atoms with Gasteiger partial charge in [0.15, 0.2) is 0 Å². The molecule has 0 aromatic heterocycles. The van der Waals surface area contributed by atoms with Gasteiger partial charge in [-0.25, -0.2) is 4.39 Å². The van der Waals surface area contributed by atoms with Gasteiger partial charge >= 0.3 is 0 Å². The summed E-state index contributed by atoms with van der Waals surface area (Å²) < 4.78 is 18.9. The topological polar surface area (TPSA) is 89.7 Å². The number of ether oxygens (including phenoxy) is 1. The molecule has 35 heavy (non-hydrogen) atoms. The van der Waals surface area contributed by atoms with E-state index in [4.69, 9.17) is 27.9 Å². The molecule has 178 valence electrons. The number of imide groups is 1. The van der Waals surface area contributed by atoms with Crippen LogP contribution in [0.15, 0.2) is 65.6 Å². The van der Waals surface area contributed by atoms with Crippen molar-refractivity contribution in [1.29, 1.82) is 0 Å². The molecule has 0 radical (unpaired) electrons. The molecule has 11 heteroatoms. The lowest BCUT2D eigenvalue weighted by molar-refractivity contribution is -0.384. The third-order valence-electron chi connectivity index (χ3n) is 5.05. The number of rotatable bonds is 7. The van der Waals surface area contributed by atoms with E-state index in [1.165, 1.54) is 36.4 Å². The van der Waals surface area contributed by atoms with E-state index in [0.29, 0.717) is 32.9 Å². The van der Waals surface area contributed by atoms with Crippen molar-refractivity contribution in [2.75, 3.05) is 0 Å². The quantitative estimate of drug-likeness (QED) is 0.187. The first-order valence-corrected chi connectivity index (χ1v) is 11.6. The molecule has 0 spiro atoms. The van der Waals surface area contributed by atoms with Gasteiger partial charge in [-0.1, -0.05) is 41.4 Å². The van der Waals surface area contributed by atoms with Crippen LogP contribution >= 0.6 is 35.0 Å². The van der Waals surface area contributed by atoms with Crippen LogP contribution < -0.4 is 4.74 Å². The first-order valence-electron chi connectivity index (χ1n) is 10.1. The van der Waals surface area contributed by atoms with Crippen molar-refractivity contribution in [3.8, 4) is 5.75 Å². The number of halogens is 3. The minimum atomic E-state index is -0.591. The van der Waals surface area contributed by atoms with Crippen molar-refractivity contribution >= 4 is 57.9 Å². The number of nitro groups is 1. The average Bonchev–Trinajstić information content (AvgIpc) is 3.08. The number of carbonyl (C=O) groups excluding carboxylic acids is 2. The van der Waals surface area contributed by atoms with Gasteiger partial charge < -0.3 is 4.74 Å². The minimum Gasteiger partial charge on any atom is -0.488 e. The number of carbonyl (C=O) groups is 2. The maximum Gasteiger partial charge on any atom is 0.293 e. The summed E-state index contributed by atoms with van der Waals surface area (Å²) in [6.45, 7) is -0.0607. The summed E-state index contributed by atoms with van der Waals surface area (Å²) in [7, 11) is 0. The highest BCUT2D eigenvalue weighted by Gasteiger charge is 2.36. The molecule has 3 aromatic carbocycles. The van der Waals surface area contributed by atoms with Crippen LogP contribution in [-0.4, -0.2) is 21.0 Å². The van der Waals surface area contributed by atoms with Crippen LogP contribution in [0.4, 0.5) is 14.9 Å². The van der Waals surface area contributed by atoms with Crippen molar-refractivity contribution in [3.05, 3.63) is 108 Å². The Bertz CT molecular complexity index is 1340. The van der Waals surface area contributed by atoms with Crippen molar-refractivity contribution < 1.29 is 23.6 Å². The molecule has 0 atom stereocenters. The number of hydrogen-bond acceptors (Lipinski definition) is 6. The van der Waals surface area contributed by atoms with Gasteiger partial charge in [-0.05, 0) is 53.7 Å². The fraction of sp³-hybridized carbons (Fsp3) is 0.0833. The maximum absolute atomic E-state index is 13.2. The standard InChI is InChI=1S/C24H15Cl2FN2O5S/c25-19-2-1-3-20(26)18(19)12-28-23(30)22(35-24(28)31)11-15-10-17(29(32)33)8-9-21(15)34-13-14-4-6-16(27)7-5-14/h1-11H,12-13H2/b22-11-. The molecular formula is C24H15Cl2FN2O5S. The van der Waals surface area contributed by atoms with E-state index < -0.39 is 21.9 Å². The number of benzene rings is 3. The summed E-state index contributed by atoms with van der Waals surface area (Å²) in [5, 5.41) is 11.4. The Morgan fingerprint density at radius 1 is 1.06 bits per heavy atom. The molecular weight excluding hydrogens is 518 g/mol. The highest BCUT2D eigenvalue weighted by Crippen LogP contribution is 2.37. The number of nitro benzene ring substituents is 1. The molecule has 0 aliphatic carbocycles. The van der Waals surface area contributed by atoms with Crippen LogP contribution in [0, 0.1) is 15.9 Å². The molecule has 1 aliphatic heterocycles. The first kappa shape index (κ1) is 24.7. The molecule has 1 saturated heterocycles. The predicted molar refractivity (Wildman–Crippen MR) is 132 cm³/mol. The SMILES string of the molecule is O=C1S/C(=C\c2cc([N+](=O)[O-])ccc2OCc2ccc(F)cc2)C(=O)N1Cc1c(Cl)cccc1Cl. The Balaban J connectivity index is 1.62. The van der Waals surface area contributed by atoms with E-state index in [2.05, 4.69) is 0 Å². The van der Waals surface area contributed by atoms with E-state index in [1.54, 1.807) is 30.3 Å². The maximum atomic E-state index is 13.2. The molecule has 1 fully saturated rings. The van der Waals surface area contributed by atoms with Crippen LogP contribution in [0.5, 0.6) is 5.75 Å². The molecule has 0 N–H and O–H groups in total. The van der Waals surface area contributed by atoms with Crippen LogP contribution in [0.1, 0.15) is 16.7 Å². The molecule has 0 saturated carbocycles. The largest absolute Gasteiger partial charge is 0.488 e. The van der Waals surface area contributed by atoms with E-state index in [1.807, 2.05) is 0 Å². The second-order valence-corrected chi connectivity index (χ2v) is 9.17. The van der Waals surface area contributed by atoms with Gasteiger partial charge in [0.2, 0.25) is 0 Å². The van der Waals surface area contributed by atoms with Gasteiger partial charge in [0.1, 0.15) is 18.2 Å². The van der Waals surface area contributed by atoms with Crippen LogP contribution in [0.2, 0.25) is 10.0 Å². The third kappa shape index (κ3) is 5.64. The Labute approximate surface area is 213 Å². The molecule has 7 nitrogen and oxygen atoms in total. The summed E-state index contributed by atoms with van der Waals surface area (Å²) in [6, 6.07) is 14.4. The number of thioether (sulfide) groups is 1. The van der Waals surface area contributed by atoms with Gasteiger partial charge in [-0.2, -0.15) is 0 Å². The molecule has 0 unspecified atom stereocenters. The Hall–Kier alpha value is -3.40. The van der Waals surface area contributed by atoms with Gasteiger partial charge in [-0.3, -0.25) is 24.6 Å². The number of amides is 2. The van der Waals surface area contributed by atoms with Gasteiger partial charge in [0.25, 0.3) is 16.8 Å². The Morgan fingerprint density at radius 2 is 1.74 bits per heavy atom. The molecule has 1 heterocycles. The summed E-state index contributed by atoms with van der Waals surface area (Å²) in [5.41, 5.74) is 1.13. The first-order chi connectivity index (χ1) is 16.7. The molecule has 0 bridgehead atoms. The van der Waals surface area contributed by atoms with E-state index in [-0.39, 0.29) is 35.1 Å². The van der Waals surface area contributed by atoms with E-state index >= 15 is 0 Å². The number of non-ortho nitro benzene ring substituents is 1. The summed E-state index contributed by atoms with van der Waals surface area (Å²) >= 11 is 13.0. The number of nitrogens with zero attached hydrogens (tertiary/aromatic N) is 2. The van der Waals surface area contributed by atoms with Gasteiger partial charge in [0, 0.05) is 33.3 Å². The van der Waals surface area contributed by atoms with Crippen molar-refractivity contribution in [2.45, 2.75) is 13.2 Å². The van der Waals surface area contributed by atoms with Crippen molar-refractivity contribution in [2.24, 2.45) is 0 Å². The minimum absolute atomic E-state index is 0.0605. The molecule has 1 aliphatic rings. The summed E-state index contributed by atoms with van der Waals surface area (Å²) in [5.74, 6) is -0.730. The average molecular weight is 533 g/mol. The second-order valence-electron chi connectivity index (χ2n) is 7.36. The zero-order valence-electron chi connectivity index (χ0n) is 17.7. The van der Waals surface area contributed by atoms with Gasteiger partial charge in [0.05, 0.1) is 16.4 Å². The van der Waals surface area contributed by atoms with E-state index in [9.17, 15) is 24.1 Å². The van der Waals surface area contributed by atoms with Gasteiger partial charge in [-0.15, -0.1) is 0 Å². The number of hydrogen-bond donors (Lipinski definition) is 0. The monoisotopic (exact) mass is 532 g/mol. The second kappa shape index (κ2) is 10.5. The summed E-state index contributed by atoms with van der Waals surface area (Å²) in [4.78, 5) is 37.4. The Kier molecular flexibility index (Phi) is 7.39. The predicted octanol–water partition coefficient (Wildman–Crippen LogP) is 6.86. The lowest BCUT2D eigenvalue weighted by Gasteiger charge is -2.14. The highest BCUT2D eigenvalue weighted by molar-refractivity contribution is 8.18. The zero-order chi connectivity index (χ0) is 25.1. The Morgan fingerprint density at radius 3 is 2.40 bits per heavy atom. The van der Waals surface area contributed by atoms with Crippen LogP contribution in [0.3, 0.4) is 0 Å². The molecule has 2 amide bonds. The molecule has 4 rings (SSSR count). The smallest absolute Gasteiger partial charge is 0.293 e. The summed E-state index contributed by atoms with van der Waals surface area (Å²) in [6.07, 6.45) is 1.37. The van der Waals surface area contributed by atoms with Crippen LogP contribution in [0.25, 0.3) is 6.08 Å². The third-order valence-corrected chi connectivity index (χ3v) is 6.67. The van der Waals surface area contributed by atoms with Crippen molar-refractivity contribution in [3.63, 3.8) is 0 Å². The van der Waals surface area contributed by atoms with E-state index in [0.717, 1.165) is 4.90 Å².